The van der Waals surface area contributed by atoms with Crippen LogP contribution >= 0.6 is 15.9 Å². The molecule has 0 saturated carbocycles. The highest BCUT2D eigenvalue weighted by Crippen LogP contribution is 2.40. The van der Waals surface area contributed by atoms with Gasteiger partial charge in [0, 0.05) is 12.5 Å². The number of nitrogens with zero attached hydrogens (tertiary/aromatic N) is 2. The Hall–Kier alpha value is -3.81. The Labute approximate surface area is 283 Å². The predicted octanol–water partition coefficient (Wildman–Crippen LogP) is 2.20. The number of rotatable bonds is 6. The van der Waals surface area contributed by atoms with Gasteiger partial charge in [-0.2, -0.15) is 0 Å². The molecule has 5 amide bonds. The molecule has 0 bridgehead atoms. The molecule has 47 heavy (non-hydrogen) atoms. The summed E-state index contributed by atoms with van der Waals surface area (Å²) in [6, 6.07) is 1.88. The van der Waals surface area contributed by atoms with Gasteiger partial charge in [-0.25, -0.2) is 4.99 Å². The molecule has 4 rings (SSSR count). The molecule has 6 atom stereocenters. The molecule has 1 aromatic rings. The first kappa shape index (κ1) is 36.0. The van der Waals surface area contributed by atoms with Crippen LogP contribution in [0.15, 0.2) is 29.3 Å². The highest BCUT2D eigenvalue weighted by atomic mass is 79.9. The van der Waals surface area contributed by atoms with Gasteiger partial charge in [-0.3, -0.25) is 28.8 Å². The summed E-state index contributed by atoms with van der Waals surface area (Å²) < 4.78 is 5.41. The van der Waals surface area contributed by atoms with Gasteiger partial charge in [0.1, 0.15) is 30.2 Å². The van der Waals surface area contributed by atoms with Crippen molar-refractivity contribution in [1.82, 2.24) is 26.2 Å². The molecule has 0 radical (unpaired) electrons. The molecule has 2 saturated heterocycles. The van der Waals surface area contributed by atoms with Crippen molar-refractivity contribution in [2.75, 3.05) is 13.7 Å². The minimum absolute atomic E-state index is 0.0137. The van der Waals surface area contributed by atoms with Gasteiger partial charge in [0.05, 0.1) is 23.8 Å². The first-order valence-electron chi connectivity index (χ1n) is 16.0. The van der Waals surface area contributed by atoms with Crippen molar-refractivity contribution in [3.63, 3.8) is 0 Å². The van der Waals surface area contributed by atoms with E-state index in [4.69, 9.17) is 4.74 Å². The lowest BCUT2D eigenvalue weighted by molar-refractivity contribution is -0.148. The van der Waals surface area contributed by atoms with E-state index >= 15 is 0 Å². The van der Waals surface area contributed by atoms with Crippen LogP contribution in [0.5, 0.6) is 0 Å². The number of carbonyl (C=O) groups is 6. The smallest absolute Gasteiger partial charge is 0.308 e. The molecule has 3 aliphatic rings. The summed E-state index contributed by atoms with van der Waals surface area (Å²) in [5, 5.41) is 11.2. The van der Waals surface area contributed by atoms with Crippen LogP contribution in [-0.2, 0) is 33.5 Å². The first-order chi connectivity index (χ1) is 22.1. The highest BCUT2D eigenvalue weighted by Gasteiger charge is 2.43. The Morgan fingerprint density at radius 1 is 0.957 bits per heavy atom. The van der Waals surface area contributed by atoms with Crippen LogP contribution in [0.1, 0.15) is 78.2 Å². The van der Waals surface area contributed by atoms with Gasteiger partial charge in [0.2, 0.25) is 29.5 Å². The number of aliphatic imine (C=N–C) groups is 1. The lowest BCUT2D eigenvalue weighted by atomic mass is 9.85. The summed E-state index contributed by atoms with van der Waals surface area (Å²) in [4.78, 5) is 87.9. The van der Waals surface area contributed by atoms with Crippen molar-refractivity contribution < 1.29 is 33.5 Å². The summed E-state index contributed by atoms with van der Waals surface area (Å²) in [7, 11) is 1.18. The third kappa shape index (κ3) is 8.57. The minimum Gasteiger partial charge on any atom is -0.469 e. The van der Waals surface area contributed by atoms with Gasteiger partial charge < -0.3 is 30.9 Å². The summed E-state index contributed by atoms with van der Waals surface area (Å²) in [6.45, 7) is 9.42. The number of halogens is 1. The lowest BCUT2D eigenvalue weighted by Gasteiger charge is -2.34. The molecule has 4 N–H and O–H groups in total. The molecular weight excluding hydrogens is 672 g/mol. The van der Waals surface area contributed by atoms with E-state index in [0.29, 0.717) is 17.5 Å². The van der Waals surface area contributed by atoms with Gasteiger partial charge >= 0.3 is 5.97 Å². The zero-order valence-electron chi connectivity index (χ0n) is 27.7. The van der Waals surface area contributed by atoms with E-state index in [9.17, 15) is 28.8 Å². The maximum atomic E-state index is 14.1. The Kier molecular flexibility index (Phi) is 11.5. The third-order valence-corrected chi connectivity index (χ3v) is 9.47. The number of ether oxygens (including phenoxy) is 1. The Balaban J connectivity index is 1.78. The van der Waals surface area contributed by atoms with Gasteiger partial charge in [-0.15, -0.1) is 0 Å². The molecule has 2 fully saturated rings. The minimum atomic E-state index is -1.37. The monoisotopic (exact) mass is 716 g/mol. The van der Waals surface area contributed by atoms with Crippen molar-refractivity contribution in [2.24, 2.45) is 16.3 Å². The second-order valence-electron chi connectivity index (χ2n) is 13.9. The average molecular weight is 718 g/mol. The van der Waals surface area contributed by atoms with E-state index in [1.807, 2.05) is 38.1 Å². The van der Waals surface area contributed by atoms with Crippen molar-refractivity contribution in [1.29, 1.82) is 0 Å². The van der Waals surface area contributed by atoms with Crippen molar-refractivity contribution in [2.45, 2.75) is 103 Å². The maximum absolute atomic E-state index is 14.1. The normalized spacial score (nSPS) is 27.4. The molecule has 14 heteroatoms. The summed E-state index contributed by atoms with van der Waals surface area (Å²) in [5.41, 5.74) is 0.820. The number of hydrogen-bond donors (Lipinski definition) is 4. The number of nitrogens with one attached hydrogen (secondary N) is 4. The Morgan fingerprint density at radius 3 is 2.26 bits per heavy atom. The summed E-state index contributed by atoms with van der Waals surface area (Å²) >= 11 is 3.53. The highest BCUT2D eigenvalue weighted by molar-refractivity contribution is 9.18. The number of para-hydroxylation sites is 1. The topological polar surface area (TPSA) is 175 Å². The van der Waals surface area contributed by atoms with E-state index in [-0.39, 0.29) is 25.3 Å². The van der Waals surface area contributed by atoms with E-state index < -0.39 is 83.5 Å². The number of esters is 1. The Morgan fingerprint density at radius 2 is 1.60 bits per heavy atom. The van der Waals surface area contributed by atoms with Gasteiger partial charge in [-0.1, -0.05) is 52.8 Å². The largest absolute Gasteiger partial charge is 0.469 e. The second-order valence-corrected chi connectivity index (χ2v) is 14.7. The number of methoxy groups -OCH3 is 1. The van der Waals surface area contributed by atoms with Crippen molar-refractivity contribution in [3.05, 3.63) is 29.8 Å². The number of amides is 5. The zero-order chi connectivity index (χ0) is 34.6. The zero-order valence-corrected chi connectivity index (χ0v) is 29.3. The fourth-order valence-corrected chi connectivity index (χ4v) is 6.89. The average Bonchev–Trinajstić information content (AvgIpc) is 3.61. The molecule has 0 aromatic heterocycles. The van der Waals surface area contributed by atoms with Crippen LogP contribution in [0, 0.1) is 11.3 Å². The number of benzene rings is 1. The quantitative estimate of drug-likeness (QED) is 0.327. The van der Waals surface area contributed by atoms with Gasteiger partial charge in [-0.05, 0) is 64.6 Å². The van der Waals surface area contributed by atoms with E-state index in [2.05, 4.69) is 42.2 Å². The molecule has 1 unspecified atom stereocenters. The molecule has 1 aromatic carbocycles. The molecule has 3 aliphatic heterocycles. The van der Waals surface area contributed by atoms with E-state index in [1.54, 1.807) is 20.8 Å². The van der Waals surface area contributed by atoms with Crippen LogP contribution < -0.4 is 21.3 Å². The number of carbonyl (C=O) groups excluding carboxylic acids is 6. The van der Waals surface area contributed by atoms with Crippen LogP contribution in [0.2, 0.25) is 0 Å². The third-order valence-electron chi connectivity index (χ3n) is 8.74. The van der Waals surface area contributed by atoms with Crippen LogP contribution in [0.25, 0.3) is 0 Å². The first-order valence-corrected chi connectivity index (χ1v) is 16.8. The molecule has 13 nitrogen and oxygen atoms in total. The molecule has 3 heterocycles. The lowest BCUT2D eigenvalue weighted by Crippen LogP contribution is -2.60. The fraction of sp³-hybridized carbons (Fsp3) is 0.606. The summed E-state index contributed by atoms with van der Waals surface area (Å²) in [5.74, 6) is -4.17. The number of fused-ring (bicyclic) bond motifs is 2. The maximum Gasteiger partial charge on any atom is 0.308 e. The molecule has 0 aliphatic carbocycles. The van der Waals surface area contributed by atoms with Gasteiger partial charge in [0.25, 0.3) is 0 Å². The molecule has 256 valence electrons. The van der Waals surface area contributed by atoms with Crippen molar-refractivity contribution >= 4 is 61.7 Å². The number of hydrogen-bond acceptors (Lipinski definition) is 8. The molecular formula is C33H45BrN6O7. The van der Waals surface area contributed by atoms with E-state index in [1.165, 1.54) is 12.0 Å². The van der Waals surface area contributed by atoms with Crippen molar-refractivity contribution in [3.8, 4) is 0 Å². The van der Waals surface area contributed by atoms with Gasteiger partial charge in [0.15, 0.2) is 0 Å². The summed E-state index contributed by atoms with van der Waals surface area (Å²) in [6.07, 6.45) is 0.691. The fourth-order valence-electron chi connectivity index (χ4n) is 6.27. The van der Waals surface area contributed by atoms with E-state index in [0.717, 1.165) is 11.3 Å². The van der Waals surface area contributed by atoms with Crippen LogP contribution in [-0.4, -0.2) is 88.9 Å². The standard InChI is InChI=1S/C33H45BrN6O7/c1-17(2)14-21-28(42)36-22(15-19-18-10-7-8-11-20(18)35-27(19)34)29(43)38-23(16-25(41)47-6)32(46)40-13-9-12-24(40)30(44)39-26(31(45)37-21)33(3,4)5/h7-8,10-11,17,19,21-24,26H,9,12-16H2,1-6H3,(H,36,42)(H,37,45)(H,38,43)(H,39,44)/t19?,21-,22+,23+,24-,26-/m0/s1. The Bertz CT molecular complexity index is 1440. The molecule has 0 spiro atoms. The second kappa shape index (κ2) is 15.0. The SMILES string of the molecule is COC(=O)C[C@H]1NC(=O)[C@@H](CC2C(Br)=Nc3ccccc32)NC(=O)[C@H](CC(C)C)NC(=O)[C@@H](C(C)(C)C)NC(=O)[C@@H]2CCCN2C1=O. The van der Waals surface area contributed by atoms with Crippen LogP contribution in [0.4, 0.5) is 5.69 Å². The van der Waals surface area contributed by atoms with Crippen LogP contribution in [0.3, 0.4) is 0 Å². The predicted molar refractivity (Wildman–Crippen MR) is 178 cm³/mol.